The van der Waals surface area contributed by atoms with E-state index in [2.05, 4.69) is 4.98 Å². The number of halogens is 2. The number of benzene rings is 1. The Morgan fingerprint density at radius 2 is 1.88 bits per heavy atom. The first-order chi connectivity index (χ1) is 8.15. The SMILES string of the molecule is O=C(Oc1ccc(Cl)cn1)c1ccc(F)cc1. The monoisotopic (exact) mass is 251 g/mol. The standard InChI is InChI=1S/C12H7ClFNO2/c13-9-3-6-11(15-7-9)17-12(16)8-1-4-10(14)5-2-8/h1-7H. The molecule has 5 heteroatoms. The third-order valence-electron chi connectivity index (χ3n) is 1.98. The Bertz CT molecular complexity index is 525. The number of aromatic nitrogens is 1. The molecule has 3 nitrogen and oxygen atoms in total. The van der Waals surface area contributed by atoms with Crippen LogP contribution in [0.1, 0.15) is 10.4 Å². The van der Waals surface area contributed by atoms with Gasteiger partial charge in [-0.2, -0.15) is 0 Å². The topological polar surface area (TPSA) is 39.2 Å². The van der Waals surface area contributed by atoms with Crippen LogP contribution in [0.4, 0.5) is 4.39 Å². The van der Waals surface area contributed by atoms with Crippen molar-refractivity contribution in [3.05, 3.63) is 59.0 Å². The molecule has 1 aromatic heterocycles. The lowest BCUT2D eigenvalue weighted by Crippen LogP contribution is -2.09. The maximum Gasteiger partial charge on any atom is 0.344 e. The molecular formula is C12H7ClFNO2. The van der Waals surface area contributed by atoms with Crippen molar-refractivity contribution in [3.63, 3.8) is 0 Å². The van der Waals surface area contributed by atoms with Gasteiger partial charge in [-0.25, -0.2) is 14.2 Å². The van der Waals surface area contributed by atoms with Gasteiger partial charge in [0.05, 0.1) is 10.6 Å². The summed E-state index contributed by atoms with van der Waals surface area (Å²) in [6.07, 6.45) is 1.37. The van der Waals surface area contributed by atoms with Crippen molar-refractivity contribution in [3.8, 4) is 5.88 Å². The quantitative estimate of drug-likeness (QED) is 0.770. The van der Waals surface area contributed by atoms with Crippen molar-refractivity contribution in [2.24, 2.45) is 0 Å². The first kappa shape index (κ1) is 11.5. The number of esters is 1. The largest absolute Gasteiger partial charge is 0.404 e. The van der Waals surface area contributed by atoms with Gasteiger partial charge in [0.15, 0.2) is 0 Å². The summed E-state index contributed by atoms with van der Waals surface area (Å²) in [6, 6.07) is 8.09. The van der Waals surface area contributed by atoms with Gasteiger partial charge in [0, 0.05) is 12.3 Å². The molecule has 2 aromatic rings. The summed E-state index contributed by atoms with van der Waals surface area (Å²) in [5.74, 6) is -0.866. The van der Waals surface area contributed by atoms with Gasteiger partial charge in [-0.1, -0.05) is 11.6 Å². The first-order valence-corrected chi connectivity index (χ1v) is 5.12. The number of carbonyl (C=O) groups is 1. The minimum absolute atomic E-state index is 0.142. The van der Waals surface area contributed by atoms with Gasteiger partial charge in [0.25, 0.3) is 0 Å². The van der Waals surface area contributed by atoms with Crippen LogP contribution >= 0.6 is 11.6 Å². The summed E-state index contributed by atoms with van der Waals surface area (Å²) in [6.45, 7) is 0. The molecule has 0 atom stereocenters. The Hall–Kier alpha value is -1.94. The van der Waals surface area contributed by atoms with E-state index in [-0.39, 0.29) is 11.4 Å². The number of pyridine rings is 1. The molecule has 0 aliphatic heterocycles. The summed E-state index contributed by atoms with van der Waals surface area (Å²) in [5, 5.41) is 0.451. The van der Waals surface area contributed by atoms with Crippen LogP contribution in [0.25, 0.3) is 0 Å². The molecule has 0 N–H and O–H groups in total. The van der Waals surface area contributed by atoms with E-state index < -0.39 is 11.8 Å². The van der Waals surface area contributed by atoms with Gasteiger partial charge in [-0.15, -0.1) is 0 Å². The lowest BCUT2D eigenvalue weighted by molar-refractivity contribution is 0.0727. The number of hydrogen-bond acceptors (Lipinski definition) is 3. The van der Waals surface area contributed by atoms with E-state index in [1.165, 1.54) is 36.5 Å². The van der Waals surface area contributed by atoms with Gasteiger partial charge in [0.2, 0.25) is 5.88 Å². The molecule has 0 aliphatic carbocycles. The molecule has 86 valence electrons. The number of nitrogens with zero attached hydrogens (tertiary/aromatic N) is 1. The van der Waals surface area contributed by atoms with Crippen LogP contribution < -0.4 is 4.74 Å². The zero-order valence-electron chi connectivity index (χ0n) is 8.56. The predicted octanol–water partition coefficient (Wildman–Crippen LogP) is 3.09. The van der Waals surface area contributed by atoms with Crippen molar-refractivity contribution in [2.45, 2.75) is 0 Å². The minimum atomic E-state index is -0.597. The third kappa shape index (κ3) is 3.01. The summed E-state index contributed by atoms with van der Waals surface area (Å²) >= 11 is 5.64. The smallest absolute Gasteiger partial charge is 0.344 e. The van der Waals surface area contributed by atoms with Crippen LogP contribution in [0.2, 0.25) is 5.02 Å². The first-order valence-electron chi connectivity index (χ1n) is 4.74. The van der Waals surface area contributed by atoms with Gasteiger partial charge in [-0.3, -0.25) is 0 Å². The van der Waals surface area contributed by atoms with Gasteiger partial charge < -0.3 is 4.74 Å². The molecule has 0 spiro atoms. The van der Waals surface area contributed by atoms with Crippen LogP contribution in [0.15, 0.2) is 42.6 Å². The van der Waals surface area contributed by atoms with Gasteiger partial charge >= 0.3 is 5.97 Å². The van der Waals surface area contributed by atoms with Gasteiger partial charge in [0.1, 0.15) is 5.82 Å². The molecule has 1 heterocycles. The van der Waals surface area contributed by atoms with E-state index in [9.17, 15) is 9.18 Å². The molecular weight excluding hydrogens is 245 g/mol. The van der Waals surface area contributed by atoms with Crippen molar-refractivity contribution >= 4 is 17.6 Å². The fourth-order valence-corrected chi connectivity index (χ4v) is 1.27. The molecule has 17 heavy (non-hydrogen) atoms. The molecule has 0 radical (unpaired) electrons. The fourth-order valence-electron chi connectivity index (χ4n) is 1.16. The number of ether oxygens (including phenoxy) is 1. The molecule has 0 saturated heterocycles. The lowest BCUT2D eigenvalue weighted by atomic mass is 10.2. The molecule has 0 fully saturated rings. The second-order valence-corrected chi connectivity index (χ2v) is 3.65. The minimum Gasteiger partial charge on any atom is -0.404 e. The van der Waals surface area contributed by atoms with Crippen molar-refractivity contribution < 1.29 is 13.9 Å². The van der Waals surface area contributed by atoms with Crippen molar-refractivity contribution in [1.82, 2.24) is 4.98 Å². The van der Waals surface area contributed by atoms with Gasteiger partial charge in [-0.05, 0) is 30.3 Å². The van der Waals surface area contributed by atoms with Crippen LogP contribution in [0.3, 0.4) is 0 Å². The number of carbonyl (C=O) groups excluding carboxylic acids is 1. The molecule has 2 rings (SSSR count). The molecule has 0 amide bonds. The van der Waals surface area contributed by atoms with Crippen LogP contribution in [-0.4, -0.2) is 11.0 Å². The van der Waals surface area contributed by atoms with E-state index in [1.54, 1.807) is 6.07 Å². The fraction of sp³-hybridized carbons (Fsp3) is 0. The highest BCUT2D eigenvalue weighted by Crippen LogP contribution is 2.13. The lowest BCUT2D eigenvalue weighted by Gasteiger charge is -2.02. The summed E-state index contributed by atoms with van der Waals surface area (Å²) in [7, 11) is 0. The Labute approximate surface area is 102 Å². The molecule has 0 unspecified atom stereocenters. The average molecular weight is 252 g/mol. The Kier molecular flexibility index (Phi) is 3.35. The summed E-state index contributed by atoms with van der Waals surface area (Å²) < 4.78 is 17.6. The third-order valence-corrected chi connectivity index (χ3v) is 2.20. The Morgan fingerprint density at radius 3 is 2.47 bits per heavy atom. The number of hydrogen-bond donors (Lipinski definition) is 0. The maximum absolute atomic E-state index is 12.6. The van der Waals surface area contributed by atoms with E-state index in [1.807, 2.05) is 0 Å². The van der Waals surface area contributed by atoms with E-state index in [0.717, 1.165) is 0 Å². The molecule has 0 bridgehead atoms. The summed E-state index contributed by atoms with van der Waals surface area (Å²) in [5.41, 5.74) is 0.253. The highest BCUT2D eigenvalue weighted by molar-refractivity contribution is 6.30. The van der Waals surface area contributed by atoms with Crippen LogP contribution in [-0.2, 0) is 0 Å². The second kappa shape index (κ2) is 4.93. The molecule has 0 saturated carbocycles. The van der Waals surface area contributed by atoms with E-state index in [0.29, 0.717) is 5.02 Å². The maximum atomic E-state index is 12.6. The highest BCUT2D eigenvalue weighted by Gasteiger charge is 2.09. The van der Waals surface area contributed by atoms with Crippen LogP contribution in [0.5, 0.6) is 5.88 Å². The molecule has 1 aromatic carbocycles. The van der Waals surface area contributed by atoms with Crippen LogP contribution in [0, 0.1) is 5.82 Å². The highest BCUT2D eigenvalue weighted by atomic mass is 35.5. The number of rotatable bonds is 2. The molecule has 0 aliphatic rings. The zero-order valence-corrected chi connectivity index (χ0v) is 9.32. The Morgan fingerprint density at radius 1 is 1.18 bits per heavy atom. The predicted molar refractivity (Wildman–Crippen MR) is 60.6 cm³/mol. The van der Waals surface area contributed by atoms with Crippen molar-refractivity contribution in [1.29, 1.82) is 0 Å². The average Bonchev–Trinajstić information content (AvgIpc) is 2.33. The Balaban J connectivity index is 2.11. The van der Waals surface area contributed by atoms with E-state index >= 15 is 0 Å². The normalized spacial score (nSPS) is 10.0. The zero-order chi connectivity index (χ0) is 12.3. The second-order valence-electron chi connectivity index (χ2n) is 3.21. The summed E-state index contributed by atoms with van der Waals surface area (Å²) in [4.78, 5) is 15.4. The van der Waals surface area contributed by atoms with Crippen molar-refractivity contribution in [2.75, 3.05) is 0 Å². The van der Waals surface area contributed by atoms with E-state index in [4.69, 9.17) is 16.3 Å².